The summed E-state index contributed by atoms with van der Waals surface area (Å²) in [6, 6.07) is 6.80. The average molecular weight is 441 g/mol. The summed E-state index contributed by atoms with van der Waals surface area (Å²) in [5.41, 5.74) is 2.30. The molecule has 0 unspecified atom stereocenters. The zero-order chi connectivity index (χ0) is 22.2. The van der Waals surface area contributed by atoms with Crippen LogP contribution in [0.2, 0.25) is 0 Å². The molecule has 0 bridgehead atoms. The lowest BCUT2D eigenvalue weighted by Crippen LogP contribution is -2.07. The minimum absolute atomic E-state index is 0.164. The van der Waals surface area contributed by atoms with Crippen LogP contribution in [-0.4, -0.2) is 39.8 Å². The highest BCUT2D eigenvalue weighted by atomic mass is 19.2. The minimum atomic E-state index is -1.26. The fourth-order valence-electron chi connectivity index (χ4n) is 3.73. The summed E-state index contributed by atoms with van der Waals surface area (Å²) in [5, 5.41) is 3.17. The Balaban J connectivity index is 1.65. The number of fused-ring (bicyclic) bond motifs is 2. The van der Waals surface area contributed by atoms with Crippen molar-refractivity contribution in [3.05, 3.63) is 59.8 Å². The van der Waals surface area contributed by atoms with E-state index in [0.29, 0.717) is 66.5 Å². The number of methoxy groups -OCH3 is 1. The summed E-state index contributed by atoms with van der Waals surface area (Å²) >= 11 is 0. The van der Waals surface area contributed by atoms with Crippen molar-refractivity contribution in [2.24, 2.45) is 0 Å². The molecule has 1 aliphatic rings. The smallest absolute Gasteiger partial charge is 0.232 e. The van der Waals surface area contributed by atoms with Crippen molar-refractivity contribution >= 4 is 11.0 Å². The Morgan fingerprint density at radius 3 is 2.78 bits per heavy atom. The first kappa shape index (κ1) is 20.4. The Labute approximate surface area is 180 Å². The van der Waals surface area contributed by atoms with Crippen LogP contribution in [0.5, 0.6) is 5.88 Å². The van der Waals surface area contributed by atoms with Gasteiger partial charge in [-0.2, -0.15) is 0 Å². The van der Waals surface area contributed by atoms with Gasteiger partial charge in [0.1, 0.15) is 18.2 Å². The number of nitrogens with one attached hydrogen (secondary N) is 1. The van der Waals surface area contributed by atoms with Crippen molar-refractivity contribution in [1.29, 1.82) is 0 Å². The van der Waals surface area contributed by atoms with Crippen molar-refractivity contribution in [3.8, 4) is 28.4 Å². The van der Waals surface area contributed by atoms with Crippen molar-refractivity contribution < 1.29 is 22.6 Å². The van der Waals surface area contributed by atoms with Gasteiger partial charge >= 0.3 is 0 Å². The Morgan fingerprint density at radius 1 is 1.06 bits per heavy atom. The quantitative estimate of drug-likeness (QED) is 0.364. The molecule has 0 radical (unpaired) electrons. The van der Waals surface area contributed by atoms with Crippen molar-refractivity contribution in [2.45, 2.75) is 13.2 Å². The van der Waals surface area contributed by atoms with Crippen LogP contribution in [0.3, 0.4) is 0 Å². The van der Waals surface area contributed by atoms with E-state index in [0.717, 1.165) is 6.07 Å². The highest BCUT2D eigenvalue weighted by Crippen LogP contribution is 2.37. The minimum Gasteiger partial charge on any atom is -0.474 e. The van der Waals surface area contributed by atoms with E-state index in [1.165, 1.54) is 6.20 Å². The maximum atomic E-state index is 14.6. The first-order valence-corrected chi connectivity index (χ1v) is 9.89. The normalized spacial score (nSPS) is 13.0. The molecule has 1 N–H and O–H groups in total. The molecule has 2 aromatic carbocycles. The first-order chi connectivity index (χ1) is 15.5. The number of hydrogen-bond donors (Lipinski definition) is 1. The lowest BCUT2D eigenvalue weighted by atomic mass is 10.0. The summed E-state index contributed by atoms with van der Waals surface area (Å²) in [7, 11) is 1.57. The van der Waals surface area contributed by atoms with Crippen LogP contribution in [-0.2, 0) is 18.0 Å². The fraction of sp³-hybridized carbons (Fsp3) is 0.227. The molecule has 0 fully saturated rings. The van der Waals surface area contributed by atoms with Gasteiger partial charge < -0.3 is 14.0 Å². The third-order valence-electron chi connectivity index (χ3n) is 5.18. The maximum Gasteiger partial charge on any atom is 0.232 e. The Morgan fingerprint density at radius 2 is 1.94 bits per heavy atom. The predicted molar refractivity (Wildman–Crippen MR) is 110 cm³/mol. The van der Waals surface area contributed by atoms with Crippen molar-refractivity contribution in [2.75, 3.05) is 20.3 Å². The molecule has 4 aromatic rings. The lowest BCUT2D eigenvalue weighted by Gasteiger charge is -2.11. The number of nitrogens with zero attached hydrogens (tertiary/aromatic N) is 4. The maximum absolute atomic E-state index is 14.6. The fourth-order valence-corrected chi connectivity index (χ4v) is 3.73. The second-order valence-electron chi connectivity index (χ2n) is 7.24. The SMILES string of the molecule is COCCOc1cnc2ccc(-c3c(-c4cc(F)cc(F)c4F)nc4n3CNC4)cc2n1. The summed E-state index contributed by atoms with van der Waals surface area (Å²) in [4.78, 5) is 13.3. The summed E-state index contributed by atoms with van der Waals surface area (Å²) < 4.78 is 54.8. The van der Waals surface area contributed by atoms with Crippen LogP contribution < -0.4 is 10.1 Å². The number of aromatic nitrogens is 4. The number of ether oxygens (including phenoxy) is 2. The zero-order valence-corrected chi connectivity index (χ0v) is 17.0. The van der Waals surface area contributed by atoms with E-state index in [9.17, 15) is 13.2 Å². The monoisotopic (exact) mass is 441 g/mol. The van der Waals surface area contributed by atoms with Crippen LogP contribution in [0.15, 0.2) is 36.5 Å². The van der Waals surface area contributed by atoms with Gasteiger partial charge in [0.25, 0.3) is 0 Å². The second-order valence-corrected chi connectivity index (χ2v) is 7.24. The van der Waals surface area contributed by atoms with E-state index in [1.807, 2.05) is 4.57 Å². The Bertz CT molecular complexity index is 1320. The van der Waals surface area contributed by atoms with Gasteiger partial charge in [0.05, 0.1) is 48.4 Å². The van der Waals surface area contributed by atoms with Crippen LogP contribution in [0.4, 0.5) is 13.2 Å². The molecule has 0 amide bonds. The molecule has 0 saturated carbocycles. The van der Waals surface area contributed by atoms with E-state index in [1.54, 1.807) is 25.3 Å². The lowest BCUT2D eigenvalue weighted by molar-refractivity contribution is 0.143. The van der Waals surface area contributed by atoms with Gasteiger partial charge in [-0.25, -0.2) is 28.1 Å². The Hall–Kier alpha value is -3.50. The zero-order valence-electron chi connectivity index (χ0n) is 17.0. The molecule has 5 rings (SSSR count). The molecule has 0 saturated heterocycles. The Kier molecular flexibility index (Phi) is 5.24. The molecule has 7 nitrogen and oxygen atoms in total. The molecular weight excluding hydrogens is 423 g/mol. The third-order valence-corrected chi connectivity index (χ3v) is 5.18. The number of hydrogen-bond acceptors (Lipinski definition) is 6. The van der Waals surface area contributed by atoms with E-state index < -0.39 is 17.5 Å². The van der Waals surface area contributed by atoms with Crippen molar-refractivity contribution in [1.82, 2.24) is 24.8 Å². The van der Waals surface area contributed by atoms with Gasteiger partial charge in [0.2, 0.25) is 5.88 Å². The average Bonchev–Trinajstić information content (AvgIpc) is 3.37. The van der Waals surface area contributed by atoms with Gasteiger partial charge in [0.15, 0.2) is 11.6 Å². The van der Waals surface area contributed by atoms with Crippen LogP contribution in [0.1, 0.15) is 5.82 Å². The van der Waals surface area contributed by atoms with E-state index in [2.05, 4.69) is 20.3 Å². The van der Waals surface area contributed by atoms with Gasteiger partial charge in [-0.3, -0.25) is 5.32 Å². The third kappa shape index (κ3) is 3.57. The first-order valence-electron chi connectivity index (χ1n) is 9.89. The molecule has 164 valence electrons. The standard InChI is InChI=1S/C22H18F3N5O2/c1-31-4-5-32-19-10-27-16-3-2-12(6-17(16)28-19)22-21(29-18-9-26-11-30(18)22)14-7-13(23)8-15(24)20(14)25/h2-3,6-8,10,26H,4-5,9,11H2,1H3. The molecule has 0 atom stereocenters. The topological polar surface area (TPSA) is 74.1 Å². The molecule has 0 spiro atoms. The van der Waals surface area contributed by atoms with Crippen LogP contribution in [0, 0.1) is 17.5 Å². The van der Waals surface area contributed by atoms with Crippen molar-refractivity contribution in [3.63, 3.8) is 0 Å². The van der Waals surface area contributed by atoms with E-state index >= 15 is 0 Å². The summed E-state index contributed by atoms with van der Waals surface area (Å²) in [6.07, 6.45) is 1.52. The largest absolute Gasteiger partial charge is 0.474 e. The van der Waals surface area contributed by atoms with Crippen LogP contribution in [0.25, 0.3) is 33.5 Å². The highest BCUT2D eigenvalue weighted by Gasteiger charge is 2.26. The van der Waals surface area contributed by atoms with E-state index in [4.69, 9.17) is 9.47 Å². The van der Waals surface area contributed by atoms with Gasteiger partial charge in [-0.1, -0.05) is 6.07 Å². The highest BCUT2D eigenvalue weighted by molar-refractivity contribution is 5.86. The van der Waals surface area contributed by atoms with Gasteiger partial charge in [0, 0.05) is 24.3 Å². The number of halogens is 3. The number of imidazole rings is 1. The van der Waals surface area contributed by atoms with Gasteiger partial charge in [-0.05, 0) is 18.2 Å². The summed E-state index contributed by atoms with van der Waals surface area (Å²) in [6.45, 7) is 1.62. The molecule has 3 heterocycles. The second kappa shape index (κ2) is 8.21. The molecule has 32 heavy (non-hydrogen) atoms. The molecule has 0 aliphatic carbocycles. The van der Waals surface area contributed by atoms with E-state index in [-0.39, 0.29) is 11.3 Å². The van der Waals surface area contributed by atoms with Crippen LogP contribution >= 0.6 is 0 Å². The molecule has 1 aliphatic heterocycles. The number of rotatable bonds is 6. The predicted octanol–water partition coefficient (Wildman–Crippen LogP) is 3.66. The van der Waals surface area contributed by atoms with Gasteiger partial charge in [-0.15, -0.1) is 0 Å². The summed E-state index contributed by atoms with van der Waals surface area (Å²) in [5.74, 6) is -2.31. The molecule has 10 heteroatoms. The molecule has 2 aromatic heterocycles. The molecular formula is C22H18F3N5O2. The number of benzene rings is 2.